The molecule has 2 heterocycles. The molecule has 8 heteroatoms. The first-order valence-corrected chi connectivity index (χ1v) is 8.22. The molecule has 0 fully saturated rings. The minimum Gasteiger partial charge on any atom is -0.304 e. The summed E-state index contributed by atoms with van der Waals surface area (Å²) >= 11 is 6.78. The van der Waals surface area contributed by atoms with Crippen LogP contribution in [0, 0.1) is 11.7 Å². The Kier molecular flexibility index (Phi) is 4.39. The average Bonchev–Trinajstić information content (AvgIpc) is 3.11. The number of nitrogens with zero attached hydrogens (tertiary/aromatic N) is 3. The van der Waals surface area contributed by atoms with E-state index in [0.717, 1.165) is 17.9 Å². The van der Waals surface area contributed by atoms with Crippen molar-refractivity contribution in [3.05, 3.63) is 34.6 Å². The number of carbonyl (C=O) groups is 1. The highest BCUT2D eigenvalue weighted by Gasteiger charge is 2.15. The van der Waals surface area contributed by atoms with Gasteiger partial charge in [0.1, 0.15) is 6.54 Å². The number of amidine groups is 1. The van der Waals surface area contributed by atoms with Gasteiger partial charge in [-0.1, -0.05) is 41.6 Å². The molecule has 1 aromatic carbocycles. The molecular weight excluding hydrogens is 318 g/mol. The molecular formula is C14H15N5OS2. The molecule has 2 aromatic rings. The number of hydrogen-bond donors (Lipinski definition) is 2. The first-order valence-electron chi connectivity index (χ1n) is 6.83. The molecule has 0 unspecified atom stereocenters. The number of H-pyrrole nitrogens is 1. The van der Waals surface area contributed by atoms with Gasteiger partial charge in [-0.25, -0.2) is 0 Å². The number of aliphatic imine (C=N–C) groups is 1. The third kappa shape index (κ3) is 3.28. The lowest BCUT2D eigenvalue weighted by Crippen LogP contribution is -2.31. The second kappa shape index (κ2) is 6.45. The number of rotatable bonds is 3. The predicted molar refractivity (Wildman–Crippen MR) is 90.5 cm³/mol. The van der Waals surface area contributed by atoms with E-state index in [1.54, 1.807) is 16.3 Å². The number of thioether (sulfide) groups is 1. The van der Waals surface area contributed by atoms with Crippen molar-refractivity contribution in [3.63, 3.8) is 0 Å². The largest absolute Gasteiger partial charge is 0.304 e. The second-order valence-corrected chi connectivity index (χ2v) is 6.36. The minimum atomic E-state index is -0.154. The van der Waals surface area contributed by atoms with Crippen LogP contribution in [-0.4, -0.2) is 38.1 Å². The highest BCUT2D eigenvalue weighted by molar-refractivity contribution is 8.14. The van der Waals surface area contributed by atoms with Crippen LogP contribution in [0.15, 0.2) is 29.3 Å². The number of aryl methyl sites for hydroxylation is 1. The van der Waals surface area contributed by atoms with Crippen molar-refractivity contribution in [1.82, 2.24) is 20.1 Å². The monoisotopic (exact) mass is 333 g/mol. The van der Waals surface area contributed by atoms with Crippen LogP contribution in [0.25, 0.3) is 11.4 Å². The van der Waals surface area contributed by atoms with E-state index >= 15 is 0 Å². The lowest BCUT2D eigenvalue weighted by Gasteiger charge is -2.08. The van der Waals surface area contributed by atoms with Crippen LogP contribution in [0.5, 0.6) is 0 Å². The minimum absolute atomic E-state index is 0.109. The fraction of sp³-hybridized carbons (Fsp3) is 0.286. The van der Waals surface area contributed by atoms with Crippen molar-refractivity contribution >= 4 is 35.1 Å². The van der Waals surface area contributed by atoms with Crippen molar-refractivity contribution in [3.8, 4) is 11.4 Å². The molecule has 0 saturated heterocycles. The molecule has 0 atom stereocenters. The molecule has 0 spiro atoms. The van der Waals surface area contributed by atoms with Gasteiger partial charge in [-0.2, -0.15) is 5.10 Å². The summed E-state index contributed by atoms with van der Waals surface area (Å²) in [6, 6.07) is 7.93. The van der Waals surface area contributed by atoms with Gasteiger partial charge in [0.2, 0.25) is 5.91 Å². The quantitative estimate of drug-likeness (QED) is 0.844. The summed E-state index contributed by atoms with van der Waals surface area (Å²) in [7, 11) is 0. The number of benzene rings is 1. The normalized spacial score (nSPS) is 14.0. The lowest BCUT2D eigenvalue weighted by atomic mass is 10.1. The summed E-state index contributed by atoms with van der Waals surface area (Å²) in [5, 5.41) is 10.5. The summed E-state index contributed by atoms with van der Waals surface area (Å²) in [6.45, 7) is 2.88. The number of nitrogens with one attached hydrogen (secondary N) is 2. The van der Waals surface area contributed by atoms with E-state index < -0.39 is 0 Å². The molecule has 114 valence electrons. The van der Waals surface area contributed by atoms with Crippen molar-refractivity contribution in [1.29, 1.82) is 0 Å². The van der Waals surface area contributed by atoms with E-state index in [1.807, 2.05) is 31.2 Å². The van der Waals surface area contributed by atoms with E-state index in [4.69, 9.17) is 12.2 Å². The summed E-state index contributed by atoms with van der Waals surface area (Å²) in [6.07, 6.45) is 0. The highest BCUT2D eigenvalue weighted by atomic mass is 32.2. The summed E-state index contributed by atoms with van der Waals surface area (Å²) in [4.78, 5) is 16.3. The maximum atomic E-state index is 12.1. The van der Waals surface area contributed by atoms with Crippen LogP contribution in [0.1, 0.15) is 5.56 Å². The average molecular weight is 333 g/mol. The van der Waals surface area contributed by atoms with E-state index in [9.17, 15) is 4.79 Å². The number of aromatic amines is 1. The molecule has 0 saturated carbocycles. The van der Waals surface area contributed by atoms with Gasteiger partial charge < -0.3 is 5.32 Å². The molecule has 22 heavy (non-hydrogen) atoms. The van der Waals surface area contributed by atoms with Crippen molar-refractivity contribution in [2.75, 3.05) is 12.3 Å². The van der Waals surface area contributed by atoms with E-state index in [-0.39, 0.29) is 12.5 Å². The van der Waals surface area contributed by atoms with E-state index in [0.29, 0.717) is 15.8 Å². The Labute approximate surface area is 137 Å². The van der Waals surface area contributed by atoms with Crippen molar-refractivity contribution in [2.45, 2.75) is 13.5 Å². The molecule has 0 radical (unpaired) electrons. The molecule has 0 bridgehead atoms. The molecule has 1 aliphatic rings. The molecule has 0 aliphatic carbocycles. The third-order valence-corrected chi connectivity index (χ3v) is 4.40. The first-order chi connectivity index (χ1) is 10.6. The summed E-state index contributed by atoms with van der Waals surface area (Å²) in [5.41, 5.74) is 2.08. The van der Waals surface area contributed by atoms with Gasteiger partial charge in [0.15, 0.2) is 15.8 Å². The van der Waals surface area contributed by atoms with Gasteiger partial charge in [0.25, 0.3) is 0 Å². The fourth-order valence-electron chi connectivity index (χ4n) is 2.10. The summed E-state index contributed by atoms with van der Waals surface area (Å²) < 4.78 is 2.11. The Morgan fingerprint density at radius 2 is 2.23 bits per heavy atom. The molecule has 6 nitrogen and oxygen atoms in total. The molecule has 3 rings (SSSR count). The smallest absolute Gasteiger partial charge is 0.246 e. The first kappa shape index (κ1) is 15.0. The highest BCUT2D eigenvalue weighted by Crippen LogP contribution is 2.18. The Morgan fingerprint density at radius 3 is 2.91 bits per heavy atom. The SMILES string of the molecule is Cc1ccc(-c2n[nH]c(=S)n2CC(=O)NC2=NCCS2)cc1. The topological polar surface area (TPSA) is 75.1 Å². The van der Waals surface area contributed by atoms with Crippen molar-refractivity contribution in [2.24, 2.45) is 4.99 Å². The predicted octanol–water partition coefficient (Wildman–Crippen LogP) is 2.14. The summed E-state index contributed by atoms with van der Waals surface area (Å²) in [5.74, 6) is 1.41. The van der Waals surface area contributed by atoms with Crippen LogP contribution >= 0.6 is 24.0 Å². The van der Waals surface area contributed by atoms with E-state index in [1.165, 1.54) is 5.56 Å². The zero-order valence-corrected chi connectivity index (χ0v) is 13.6. The third-order valence-electron chi connectivity index (χ3n) is 3.20. The Hall–Kier alpha value is -1.93. The van der Waals surface area contributed by atoms with Gasteiger partial charge in [0.05, 0.1) is 6.54 Å². The van der Waals surface area contributed by atoms with Crippen LogP contribution in [0.4, 0.5) is 0 Å². The van der Waals surface area contributed by atoms with Gasteiger partial charge in [-0.15, -0.1) is 0 Å². The number of hydrogen-bond acceptors (Lipinski definition) is 5. The van der Waals surface area contributed by atoms with Crippen molar-refractivity contribution < 1.29 is 4.79 Å². The number of carbonyl (C=O) groups excluding carboxylic acids is 1. The fourth-order valence-corrected chi connectivity index (χ4v) is 3.04. The van der Waals surface area contributed by atoms with Gasteiger partial charge in [-0.3, -0.25) is 19.5 Å². The second-order valence-electron chi connectivity index (χ2n) is 4.89. The molecule has 1 aromatic heterocycles. The lowest BCUT2D eigenvalue weighted by molar-refractivity contribution is -0.120. The maximum absolute atomic E-state index is 12.1. The van der Waals surface area contributed by atoms with E-state index in [2.05, 4.69) is 20.5 Å². The number of amides is 1. The van der Waals surface area contributed by atoms with Crippen LogP contribution in [0.2, 0.25) is 0 Å². The zero-order valence-electron chi connectivity index (χ0n) is 12.0. The Bertz CT molecular complexity index is 775. The van der Waals surface area contributed by atoms with Crippen LogP contribution < -0.4 is 5.32 Å². The Balaban J connectivity index is 1.81. The van der Waals surface area contributed by atoms with Crippen LogP contribution in [0.3, 0.4) is 0 Å². The van der Waals surface area contributed by atoms with Gasteiger partial charge >= 0.3 is 0 Å². The van der Waals surface area contributed by atoms with Crippen LogP contribution in [-0.2, 0) is 11.3 Å². The standard InChI is InChI=1S/C14H15N5OS2/c1-9-2-4-10(5-3-9)12-17-18-14(21)19(12)8-11(20)16-13-15-6-7-22-13/h2-5H,6-8H2,1H3,(H,18,21)(H,15,16,20). The maximum Gasteiger partial charge on any atom is 0.246 e. The van der Waals surface area contributed by atoms with Gasteiger partial charge in [0, 0.05) is 11.3 Å². The Morgan fingerprint density at radius 1 is 1.45 bits per heavy atom. The van der Waals surface area contributed by atoms with Gasteiger partial charge in [-0.05, 0) is 19.1 Å². The number of aromatic nitrogens is 3. The zero-order chi connectivity index (χ0) is 15.5. The molecule has 1 amide bonds. The molecule has 2 N–H and O–H groups in total. The molecule has 1 aliphatic heterocycles.